The Balaban J connectivity index is 2.52. The summed E-state index contributed by atoms with van der Waals surface area (Å²) >= 11 is 0. The smallest absolute Gasteiger partial charge is 0.348 e. The highest BCUT2D eigenvalue weighted by atomic mass is 16.6. The van der Waals surface area contributed by atoms with Crippen molar-refractivity contribution in [3.8, 4) is 0 Å². The van der Waals surface area contributed by atoms with Crippen LogP contribution in [0.15, 0.2) is 30.3 Å². The molecule has 0 bridgehead atoms. The topological polar surface area (TPSA) is 78.9 Å². The minimum atomic E-state index is -1.28. The van der Waals surface area contributed by atoms with Crippen molar-refractivity contribution < 1.29 is 28.6 Å². The van der Waals surface area contributed by atoms with Gasteiger partial charge in [0, 0.05) is 6.92 Å². The zero-order chi connectivity index (χ0) is 17.2. The molecule has 1 aromatic carbocycles. The number of carbonyl (C=O) groups is 3. The first kappa shape index (κ1) is 18.7. The van der Waals surface area contributed by atoms with E-state index in [1.54, 1.807) is 0 Å². The molecule has 0 amide bonds. The van der Waals surface area contributed by atoms with Gasteiger partial charge in [-0.05, 0) is 11.5 Å². The molecule has 1 atom stereocenters. The Kier molecular flexibility index (Phi) is 7.80. The highest BCUT2D eigenvalue weighted by Crippen LogP contribution is 2.08. The van der Waals surface area contributed by atoms with Crippen molar-refractivity contribution in [1.29, 1.82) is 0 Å². The SMILES string of the molecule is CC(=O)O[C@@H](CC(=O)OCc1ccccc1)C(=O)OCC(C)C. The summed E-state index contributed by atoms with van der Waals surface area (Å²) in [6.45, 7) is 5.20. The second-order valence-electron chi connectivity index (χ2n) is 5.47. The minimum absolute atomic E-state index is 0.0908. The van der Waals surface area contributed by atoms with Crippen LogP contribution in [-0.4, -0.2) is 30.6 Å². The molecule has 0 saturated heterocycles. The first-order valence-electron chi connectivity index (χ1n) is 7.42. The van der Waals surface area contributed by atoms with E-state index in [1.807, 2.05) is 44.2 Å². The summed E-state index contributed by atoms with van der Waals surface area (Å²) < 4.78 is 14.9. The lowest BCUT2D eigenvalue weighted by molar-refractivity contribution is -0.171. The van der Waals surface area contributed by atoms with Gasteiger partial charge in [0.15, 0.2) is 0 Å². The third kappa shape index (κ3) is 7.99. The van der Waals surface area contributed by atoms with Crippen molar-refractivity contribution in [2.24, 2.45) is 5.92 Å². The molecule has 0 aliphatic heterocycles. The molecule has 6 heteroatoms. The molecule has 0 spiro atoms. The van der Waals surface area contributed by atoms with Crippen LogP contribution in [-0.2, 0) is 35.2 Å². The summed E-state index contributed by atoms with van der Waals surface area (Å²) in [6, 6.07) is 9.14. The molecule has 0 heterocycles. The molecule has 23 heavy (non-hydrogen) atoms. The molecule has 6 nitrogen and oxygen atoms in total. The van der Waals surface area contributed by atoms with Crippen LogP contribution in [0.3, 0.4) is 0 Å². The maximum absolute atomic E-state index is 11.9. The van der Waals surface area contributed by atoms with Gasteiger partial charge in [0.1, 0.15) is 6.61 Å². The van der Waals surface area contributed by atoms with E-state index in [2.05, 4.69) is 0 Å². The Bertz CT molecular complexity index is 523. The van der Waals surface area contributed by atoms with Crippen molar-refractivity contribution in [1.82, 2.24) is 0 Å². The Labute approximate surface area is 135 Å². The maximum Gasteiger partial charge on any atom is 0.348 e. The molecule has 126 valence electrons. The maximum atomic E-state index is 11.9. The molecule has 0 N–H and O–H groups in total. The third-order valence-electron chi connectivity index (χ3n) is 2.72. The molecule has 0 aliphatic rings. The quantitative estimate of drug-likeness (QED) is 0.539. The predicted octanol–water partition coefficient (Wildman–Crippen LogP) is 2.25. The summed E-state index contributed by atoms with van der Waals surface area (Å²) in [5.41, 5.74) is 0.826. The van der Waals surface area contributed by atoms with Crippen LogP contribution in [0, 0.1) is 5.92 Å². The van der Waals surface area contributed by atoms with Gasteiger partial charge in [-0.2, -0.15) is 0 Å². The molecule has 1 aromatic rings. The number of ether oxygens (including phenoxy) is 3. The molecule has 0 radical (unpaired) electrons. The Morgan fingerprint density at radius 2 is 1.70 bits per heavy atom. The van der Waals surface area contributed by atoms with Gasteiger partial charge in [0.2, 0.25) is 6.10 Å². The zero-order valence-corrected chi connectivity index (χ0v) is 13.6. The minimum Gasteiger partial charge on any atom is -0.463 e. The van der Waals surface area contributed by atoms with Gasteiger partial charge in [0.05, 0.1) is 13.0 Å². The van der Waals surface area contributed by atoms with Crippen molar-refractivity contribution >= 4 is 17.9 Å². The van der Waals surface area contributed by atoms with Gasteiger partial charge in [-0.3, -0.25) is 9.59 Å². The fraction of sp³-hybridized carbons (Fsp3) is 0.471. The highest BCUT2D eigenvalue weighted by molar-refractivity contribution is 5.84. The number of carbonyl (C=O) groups excluding carboxylic acids is 3. The fourth-order valence-electron chi connectivity index (χ4n) is 1.66. The predicted molar refractivity (Wildman–Crippen MR) is 82.2 cm³/mol. The van der Waals surface area contributed by atoms with Crippen molar-refractivity contribution in [3.05, 3.63) is 35.9 Å². The van der Waals surface area contributed by atoms with Gasteiger partial charge in [-0.1, -0.05) is 44.2 Å². The first-order valence-corrected chi connectivity index (χ1v) is 7.42. The molecule has 0 aromatic heterocycles. The number of hydrogen-bond donors (Lipinski definition) is 0. The lowest BCUT2D eigenvalue weighted by Crippen LogP contribution is -2.32. The highest BCUT2D eigenvalue weighted by Gasteiger charge is 2.27. The van der Waals surface area contributed by atoms with Gasteiger partial charge >= 0.3 is 17.9 Å². The van der Waals surface area contributed by atoms with E-state index in [0.29, 0.717) is 0 Å². The largest absolute Gasteiger partial charge is 0.463 e. The Hall–Kier alpha value is -2.37. The standard InChI is InChI=1S/C17H22O6/c1-12(2)10-22-17(20)15(23-13(3)18)9-16(19)21-11-14-7-5-4-6-8-14/h4-8,12,15H,9-11H2,1-3H3/t15-/m0/s1. The van der Waals surface area contributed by atoms with Crippen LogP contribution in [0.5, 0.6) is 0 Å². The molecular weight excluding hydrogens is 300 g/mol. The first-order chi connectivity index (χ1) is 10.9. The normalized spacial score (nSPS) is 11.7. The molecule has 0 aliphatic carbocycles. The van der Waals surface area contributed by atoms with E-state index in [-0.39, 0.29) is 25.6 Å². The van der Waals surface area contributed by atoms with E-state index >= 15 is 0 Å². The molecule has 0 unspecified atom stereocenters. The van der Waals surface area contributed by atoms with Crippen molar-refractivity contribution in [2.75, 3.05) is 6.61 Å². The number of hydrogen-bond acceptors (Lipinski definition) is 6. The van der Waals surface area contributed by atoms with Gasteiger partial charge in [-0.15, -0.1) is 0 Å². The lowest BCUT2D eigenvalue weighted by atomic mass is 10.2. The Morgan fingerprint density at radius 3 is 2.26 bits per heavy atom. The van der Waals surface area contributed by atoms with E-state index in [0.717, 1.165) is 12.5 Å². The number of benzene rings is 1. The second-order valence-corrected chi connectivity index (χ2v) is 5.47. The lowest BCUT2D eigenvalue weighted by Gasteiger charge is -2.16. The summed E-state index contributed by atoms with van der Waals surface area (Å²) in [5.74, 6) is -1.90. The summed E-state index contributed by atoms with van der Waals surface area (Å²) in [7, 11) is 0. The van der Waals surface area contributed by atoms with Crippen LogP contribution < -0.4 is 0 Å². The molecule has 1 rings (SSSR count). The zero-order valence-electron chi connectivity index (χ0n) is 13.6. The summed E-state index contributed by atoms with van der Waals surface area (Å²) in [5, 5.41) is 0. The van der Waals surface area contributed by atoms with Crippen LogP contribution in [0.4, 0.5) is 0 Å². The van der Waals surface area contributed by atoms with E-state index in [1.165, 1.54) is 0 Å². The molecule has 0 fully saturated rings. The fourth-order valence-corrected chi connectivity index (χ4v) is 1.66. The van der Waals surface area contributed by atoms with E-state index < -0.39 is 24.0 Å². The van der Waals surface area contributed by atoms with Gasteiger partial charge < -0.3 is 14.2 Å². The summed E-state index contributed by atoms with van der Waals surface area (Å²) in [6.07, 6.45) is -1.65. The van der Waals surface area contributed by atoms with Crippen LogP contribution in [0.2, 0.25) is 0 Å². The average molecular weight is 322 g/mol. The second kappa shape index (κ2) is 9.61. The van der Waals surface area contributed by atoms with Crippen LogP contribution >= 0.6 is 0 Å². The monoisotopic (exact) mass is 322 g/mol. The molecule has 0 saturated carbocycles. The summed E-state index contributed by atoms with van der Waals surface area (Å²) in [4.78, 5) is 34.8. The molecular formula is C17H22O6. The van der Waals surface area contributed by atoms with E-state index in [9.17, 15) is 14.4 Å². The van der Waals surface area contributed by atoms with Crippen LogP contribution in [0.25, 0.3) is 0 Å². The van der Waals surface area contributed by atoms with Crippen molar-refractivity contribution in [2.45, 2.75) is 39.9 Å². The average Bonchev–Trinajstić information content (AvgIpc) is 2.50. The van der Waals surface area contributed by atoms with Crippen LogP contribution in [0.1, 0.15) is 32.8 Å². The number of rotatable bonds is 8. The third-order valence-corrected chi connectivity index (χ3v) is 2.72. The Morgan fingerprint density at radius 1 is 1.04 bits per heavy atom. The number of esters is 3. The van der Waals surface area contributed by atoms with Gasteiger partial charge in [-0.25, -0.2) is 4.79 Å². The van der Waals surface area contributed by atoms with Crippen molar-refractivity contribution in [3.63, 3.8) is 0 Å². The van der Waals surface area contributed by atoms with Gasteiger partial charge in [0.25, 0.3) is 0 Å². The van der Waals surface area contributed by atoms with E-state index in [4.69, 9.17) is 14.2 Å².